The Bertz CT molecular complexity index is 1530. The number of carbonyl (C=O) groups excluding carboxylic acids is 1. The summed E-state index contributed by atoms with van der Waals surface area (Å²) in [4.78, 5) is 18.6. The van der Waals surface area contributed by atoms with E-state index in [1.807, 2.05) is 12.1 Å². The Morgan fingerprint density at radius 1 is 1.18 bits per heavy atom. The van der Waals surface area contributed by atoms with Crippen LogP contribution in [0.4, 0.5) is 9.52 Å². The van der Waals surface area contributed by atoms with Gasteiger partial charge >= 0.3 is 0 Å². The Hall–Kier alpha value is -3.30. The van der Waals surface area contributed by atoms with Crippen molar-refractivity contribution in [3.8, 4) is 11.3 Å². The van der Waals surface area contributed by atoms with Gasteiger partial charge in [-0.15, -0.1) is 0 Å². The maximum Gasteiger partial charge on any atom is 0.248 e. The van der Waals surface area contributed by atoms with Crippen molar-refractivity contribution in [2.75, 3.05) is 4.90 Å². The number of anilines is 1. The summed E-state index contributed by atoms with van der Waals surface area (Å²) in [6.07, 6.45) is 6.32. The third-order valence-electron chi connectivity index (χ3n) is 8.26. The number of thiazole rings is 1. The molecule has 2 saturated heterocycles. The summed E-state index contributed by atoms with van der Waals surface area (Å²) in [6, 6.07) is 11.7. The van der Waals surface area contributed by atoms with Gasteiger partial charge < -0.3 is 19.9 Å². The first-order chi connectivity index (χ1) is 18.5. The van der Waals surface area contributed by atoms with E-state index in [9.17, 15) is 9.18 Å². The van der Waals surface area contributed by atoms with Crippen LogP contribution < -0.4 is 10.6 Å². The van der Waals surface area contributed by atoms with E-state index in [-0.39, 0.29) is 11.7 Å². The fourth-order valence-electron chi connectivity index (χ4n) is 6.18. The van der Waals surface area contributed by atoms with E-state index in [1.165, 1.54) is 23.0 Å². The summed E-state index contributed by atoms with van der Waals surface area (Å²) in [6.45, 7) is 2.59. The number of hydrogen-bond acceptors (Lipinski definition) is 7. The monoisotopic (exact) mass is 532 g/mol. The Labute approximate surface area is 223 Å². The van der Waals surface area contributed by atoms with Gasteiger partial charge in [0.05, 0.1) is 17.4 Å². The van der Waals surface area contributed by atoms with Gasteiger partial charge in [0.2, 0.25) is 5.91 Å². The molecule has 4 aromatic rings. The van der Waals surface area contributed by atoms with Gasteiger partial charge in [0.1, 0.15) is 17.0 Å². The van der Waals surface area contributed by atoms with Gasteiger partial charge in [-0.1, -0.05) is 40.8 Å². The number of hydrogen-bond donors (Lipinski definition) is 1. The molecule has 1 saturated carbocycles. The third kappa shape index (κ3) is 4.08. The van der Waals surface area contributed by atoms with Gasteiger partial charge in [0.15, 0.2) is 10.9 Å². The lowest BCUT2D eigenvalue weighted by atomic mass is 9.99. The number of carbonyl (C=O) groups is 1. The van der Waals surface area contributed by atoms with Crippen molar-refractivity contribution in [3.05, 3.63) is 64.7 Å². The number of fused-ring (bicyclic) bond motifs is 3. The molecule has 1 aliphatic carbocycles. The molecule has 38 heavy (non-hydrogen) atoms. The SMILES string of the molecule is Cc1ccccc1-c1noc(C2CC2)c1COC1CC2CC[C@@H](C1)N2c1nc2c(F)cc(C(N)=O)cc2s1. The number of nitrogens with zero attached hydrogens (tertiary/aromatic N) is 3. The quantitative estimate of drug-likeness (QED) is 0.309. The van der Waals surface area contributed by atoms with Gasteiger partial charge in [-0.05, 0) is 63.1 Å². The Balaban J connectivity index is 1.10. The van der Waals surface area contributed by atoms with Gasteiger partial charge in [0, 0.05) is 34.7 Å². The molecule has 2 N–H and O–H groups in total. The predicted molar refractivity (Wildman–Crippen MR) is 144 cm³/mol. The van der Waals surface area contributed by atoms with E-state index in [4.69, 9.17) is 15.0 Å². The molecule has 196 valence electrons. The minimum Gasteiger partial charge on any atom is -0.373 e. The van der Waals surface area contributed by atoms with Gasteiger partial charge in [0.25, 0.3) is 0 Å². The Morgan fingerprint density at radius 3 is 2.66 bits per heavy atom. The van der Waals surface area contributed by atoms with Gasteiger partial charge in [-0.2, -0.15) is 0 Å². The molecule has 7 nitrogen and oxygen atoms in total. The third-order valence-corrected chi connectivity index (χ3v) is 9.28. The molecule has 3 fully saturated rings. The Kier molecular flexibility index (Phi) is 5.74. The number of aromatic nitrogens is 2. The Morgan fingerprint density at radius 2 is 1.95 bits per heavy atom. The summed E-state index contributed by atoms with van der Waals surface area (Å²) in [5, 5.41) is 5.29. The maximum atomic E-state index is 14.7. The molecule has 2 bridgehead atoms. The number of rotatable bonds is 7. The van der Waals surface area contributed by atoms with E-state index in [2.05, 4.69) is 34.1 Å². The predicted octanol–water partition coefficient (Wildman–Crippen LogP) is 6.09. The lowest BCUT2D eigenvalue weighted by Crippen LogP contribution is -2.45. The highest BCUT2D eigenvalue weighted by molar-refractivity contribution is 7.22. The topological polar surface area (TPSA) is 94.5 Å². The largest absolute Gasteiger partial charge is 0.373 e. The summed E-state index contributed by atoms with van der Waals surface area (Å²) >= 11 is 1.43. The van der Waals surface area contributed by atoms with Crippen LogP contribution in [0.15, 0.2) is 40.9 Å². The lowest BCUT2D eigenvalue weighted by Gasteiger charge is -2.38. The molecule has 3 aliphatic rings. The summed E-state index contributed by atoms with van der Waals surface area (Å²) in [5.41, 5.74) is 10.1. The molecular formula is C29H29FN4O3S. The van der Waals surface area contributed by atoms with Crippen molar-refractivity contribution in [3.63, 3.8) is 0 Å². The smallest absolute Gasteiger partial charge is 0.248 e. The van der Waals surface area contributed by atoms with Gasteiger partial charge in [-0.3, -0.25) is 4.79 Å². The number of ether oxygens (including phenoxy) is 1. The molecule has 0 spiro atoms. The maximum absolute atomic E-state index is 14.7. The standard InChI is InChI=1S/C29H29FN4O3S/c1-15-4-2-3-5-21(15)25-22(27(37-33-25)16-6-7-16)14-36-20-12-18-8-9-19(13-20)34(18)29-32-26-23(30)10-17(28(31)35)11-24(26)38-29/h2-5,10-11,16,18-20H,6-9,12-14H2,1H3,(H2,31,35)/t18-,19?,20?/m0/s1. The molecule has 7 rings (SSSR count). The van der Waals surface area contributed by atoms with Crippen LogP contribution in [0.2, 0.25) is 0 Å². The molecule has 0 radical (unpaired) electrons. The van der Waals surface area contributed by atoms with Crippen LogP contribution in [0.3, 0.4) is 0 Å². The minimum atomic E-state index is -0.637. The van der Waals surface area contributed by atoms with Crippen LogP contribution >= 0.6 is 11.3 Å². The second-order valence-corrected chi connectivity index (χ2v) is 11.8. The molecule has 2 aliphatic heterocycles. The number of amides is 1. The molecular weight excluding hydrogens is 503 g/mol. The number of benzene rings is 2. The zero-order valence-corrected chi connectivity index (χ0v) is 22.0. The number of primary amides is 1. The number of piperidine rings is 1. The highest BCUT2D eigenvalue weighted by atomic mass is 32.1. The van der Waals surface area contributed by atoms with Crippen LogP contribution in [0.25, 0.3) is 21.5 Å². The molecule has 9 heteroatoms. The van der Waals surface area contributed by atoms with Crippen molar-refractivity contribution in [1.82, 2.24) is 10.1 Å². The first-order valence-electron chi connectivity index (χ1n) is 13.3. The molecule has 1 amide bonds. The van der Waals surface area contributed by atoms with Crippen molar-refractivity contribution in [2.45, 2.75) is 76.2 Å². The van der Waals surface area contributed by atoms with Crippen molar-refractivity contribution >= 4 is 32.6 Å². The number of halogens is 1. The molecule has 2 unspecified atom stereocenters. The average molecular weight is 533 g/mol. The van der Waals surface area contributed by atoms with E-state index in [0.29, 0.717) is 34.8 Å². The van der Waals surface area contributed by atoms with Crippen molar-refractivity contribution in [1.29, 1.82) is 0 Å². The number of aryl methyl sites for hydroxylation is 1. The molecule has 3 atom stereocenters. The normalized spacial score (nSPS) is 22.9. The van der Waals surface area contributed by atoms with Crippen LogP contribution in [0, 0.1) is 12.7 Å². The van der Waals surface area contributed by atoms with Crippen LogP contribution in [-0.2, 0) is 11.3 Å². The number of nitrogens with two attached hydrogens (primary N) is 1. The zero-order chi connectivity index (χ0) is 26.0. The van der Waals surface area contributed by atoms with Crippen LogP contribution in [0.5, 0.6) is 0 Å². The molecule has 4 heterocycles. The average Bonchev–Trinajstić information content (AvgIpc) is 3.41. The second kappa shape index (κ2) is 9.17. The highest BCUT2D eigenvalue weighted by Crippen LogP contribution is 2.46. The molecule has 2 aromatic heterocycles. The fraction of sp³-hybridized carbons (Fsp3) is 0.414. The summed E-state index contributed by atoms with van der Waals surface area (Å²) in [7, 11) is 0. The lowest BCUT2D eigenvalue weighted by molar-refractivity contribution is 0.0147. The first kappa shape index (κ1) is 23.8. The highest BCUT2D eigenvalue weighted by Gasteiger charge is 2.43. The summed E-state index contributed by atoms with van der Waals surface area (Å²) < 4.78 is 27.7. The van der Waals surface area contributed by atoms with E-state index < -0.39 is 11.7 Å². The van der Waals surface area contributed by atoms with Crippen LogP contribution in [-0.4, -0.2) is 34.2 Å². The molecule has 2 aromatic carbocycles. The van der Waals surface area contributed by atoms with Crippen molar-refractivity contribution in [2.24, 2.45) is 5.73 Å². The minimum absolute atomic E-state index is 0.128. The van der Waals surface area contributed by atoms with E-state index in [1.54, 1.807) is 6.07 Å². The van der Waals surface area contributed by atoms with E-state index in [0.717, 1.165) is 66.2 Å². The first-order valence-corrected chi connectivity index (χ1v) is 14.1. The van der Waals surface area contributed by atoms with E-state index >= 15 is 0 Å². The summed E-state index contributed by atoms with van der Waals surface area (Å²) in [5.74, 6) is 0.290. The van der Waals surface area contributed by atoms with Crippen molar-refractivity contribution < 1.29 is 18.4 Å². The van der Waals surface area contributed by atoms with Crippen LogP contribution in [0.1, 0.15) is 71.7 Å². The van der Waals surface area contributed by atoms with Gasteiger partial charge in [-0.25, -0.2) is 9.37 Å². The second-order valence-electron chi connectivity index (χ2n) is 10.8. The fourth-order valence-corrected chi connectivity index (χ4v) is 7.35. The zero-order valence-electron chi connectivity index (χ0n) is 21.2.